The molecule has 0 aliphatic heterocycles. The van der Waals surface area contributed by atoms with Gasteiger partial charge in [-0.15, -0.1) is 0 Å². The second-order valence-electron chi connectivity index (χ2n) is 8.39. The first-order chi connectivity index (χ1) is 17.5. The Kier molecular flexibility index (Phi) is 6.78. The van der Waals surface area contributed by atoms with Crippen LogP contribution in [0.15, 0.2) is 108 Å². The molecule has 5 rings (SSSR count). The van der Waals surface area contributed by atoms with Crippen molar-refractivity contribution in [3.8, 4) is 0 Å². The molecule has 6 nitrogen and oxygen atoms in total. The zero-order valence-electron chi connectivity index (χ0n) is 19.3. The predicted molar refractivity (Wildman–Crippen MR) is 145 cm³/mol. The van der Waals surface area contributed by atoms with E-state index in [0.29, 0.717) is 46.1 Å². The molecule has 0 saturated heterocycles. The van der Waals surface area contributed by atoms with E-state index in [1.807, 2.05) is 66.7 Å². The molecular formula is C29H23ClN4O2. The van der Waals surface area contributed by atoms with Crippen LogP contribution < -0.4 is 16.2 Å². The van der Waals surface area contributed by atoms with E-state index in [9.17, 15) is 9.59 Å². The average Bonchev–Trinajstić information content (AvgIpc) is 2.88. The smallest absolute Gasteiger partial charge is 0.308 e. The molecule has 2 amide bonds. The summed E-state index contributed by atoms with van der Waals surface area (Å²) in [6, 6.07) is 31.3. The maximum atomic E-state index is 13.7. The standard InChI is InChI=1S/C29H23ClN4O2/c30-22-11-7-10-21(16-22)19-34-27(17-20-8-3-1-4-9-20)33-26-15-14-24(18-25(26)28(34)35)32-29(36)31-23-12-5-2-6-13-23/h1-16,18H,17,19H2,(H2,31,32,36). The molecule has 0 fully saturated rings. The van der Waals surface area contributed by atoms with Gasteiger partial charge in [-0.3, -0.25) is 9.36 Å². The van der Waals surface area contributed by atoms with Crippen LogP contribution in [0.1, 0.15) is 17.0 Å². The quantitative estimate of drug-likeness (QED) is 0.289. The summed E-state index contributed by atoms with van der Waals surface area (Å²) in [7, 11) is 0. The van der Waals surface area contributed by atoms with Crippen LogP contribution in [0.3, 0.4) is 0 Å². The molecule has 1 heterocycles. The summed E-state index contributed by atoms with van der Waals surface area (Å²) in [5.74, 6) is 0.654. The van der Waals surface area contributed by atoms with Gasteiger partial charge >= 0.3 is 6.03 Å². The third kappa shape index (κ3) is 5.45. The van der Waals surface area contributed by atoms with Crippen LogP contribution in [-0.4, -0.2) is 15.6 Å². The minimum atomic E-state index is -0.395. The van der Waals surface area contributed by atoms with Crippen LogP contribution in [-0.2, 0) is 13.0 Å². The van der Waals surface area contributed by atoms with E-state index in [2.05, 4.69) is 10.6 Å². The summed E-state index contributed by atoms with van der Waals surface area (Å²) in [6.07, 6.45) is 0.506. The largest absolute Gasteiger partial charge is 0.323 e. The first-order valence-corrected chi connectivity index (χ1v) is 11.9. The number of hydrogen-bond acceptors (Lipinski definition) is 3. The van der Waals surface area contributed by atoms with Crippen molar-refractivity contribution in [2.45, 2.75) is 13.0 Å². The van der Waals surface area contributed by atoms with Crippen LogP contribution in [0.4, 0.5) is 16.2 Å². The van der Waals surface area contributed by atoms with Crippen molar-refractivity contribution >= 4 is 39.9 Å². The Morgan fingerprint density at radius 3 is 2.22 bits per heavy atom. The highest BCUT2D eigenvalue weighted by Gasteiger charge is 2.14. The number of fused-ring (bicyclic) bond motifs is 1. The molecule has 7 heteroatoms. The number of aromatic nitrogens is 2. The minimum Gasteiger partial charge on any atom is -0.308 e. The van der Waals surface area contributed by atoms with Gasteiger partial charge in [-0.25, -0.2) is 9.78 Å². The fourth-order valence-electron chi connectivity index (χ4n) is 4.05. The van der Waals surface area contributed by atoms with Crippen molar-refractivity contribution < 1.29 is 4.79 Å². The van der Waals surface area contributed by atoms with E-state index in [1.54, 1.807) is 41.0 Å². The Bertz CT molecular complexity index is 1580. The highest BCUT2D eigenvalue weighted by molar-refractivity contribution is 6.30. The fourth-order valence-corrected chi connectivity index (χ4v) is 4.27. The highest BCUT2D eigenvalue weighted by atomic mass is 35.5. The number of nitrogens with zero attached hydrogens (tertiary/aromatic N) is 2. The molecule has 5 aromatic rings. The number of nitrogens with one attached hydrogen (secondary N) is 2. The summed E-state index contributed by atoms with van der Waals surface area (Å²) < 4.78 is 1.68. The summed E-state index contributed by atoms with van der Waals surface area (Å²) >= 11 is 6.19. The Morgan fingerprint density at radius 1 is 0.778 bits per heavy atom. The normalized spacial score (nSPS) is 10.8. The van der Waals surface area contributed by atoms with E-state index in [1.165, 1.54) is 0 Å². The molecule has 0 spiro atoms. The van der Waals surface area contributed by atoms with Crippen LogP contribution in [0.25, 0.3) is 10.9 Å². The highest BCUT2D eigenvalue weighted by Crippen LogP contribution is 2.19. The fraction of sp³-hybridized carbons (Fsp3) is 0.0690. The molecule has 36 heavy (non-hydrogen) atoms. The van der Waals surface area contributed by atoms with Crippen molar-refractivity contribution in [1.29, 1.82) is 0 Å². The minimum absolute atomic E-state index is 0.182. The van der Waals surface area contributed by atoms with Gasteiger partial charge in [0.1, 0.15) is 5.82 Å². The van der Waals surface area contributed by atoms with Crippen molar-refractivity contribution in [3.63, 3.8) is 0 Å². The van der Waals surface area contributed by atoms with Gasteiger partial charge in [0, 0.05) is 22.8 Å². The number of urea groups is 1. The molecule has 0 aliphatic carbocycles. The van der Waals surface area contributed by atoms with Crippen LogP contribution >= 0.6 is 11.6 Å². The molecule has 0 bridgehead atoms. The number of anilines is 2. The number of rotatable bonds is 6. The Morgan fingerprint density at radius 2 is 1.47 bits per heavy atom. The molecule has 2 N–H and O–H groups in total. The number of carbonyl (C=O) groups excluding carboxylic acids is 1. The molecule has 0 unspecified atom stereocenters. The Labute approximate surface area is 213 Å². The third-order valence-electron chi connectivity index (χ3n) is 5.76. The summed E-state index contributed by atoms with van der Waals surface area (Å²) in [5, 5.41) is 6.60. The maximum Gasteiger partial charge on any atom is 0.323 e. The number of halogens is 1. The molecule has 0 radical (unpaired) electrons. The van der Waals surface area contributed by atoms with Gasteiger partial charge in [-0.2, -0.15) is 0 Å². The van der Waals surface area contributed by atoms with Crippen molar-refractivity contribution in [1.82, 2.24) is 9.55 Å². The van der Waals surface area contributed by atoms with E-state index >= 15 is 0 Å². The Hall–Kier alpha value is -4.42. The van der Waals surface area contributed by atoms with Gasteiger partial charge in [-0.05, 0) is 53.6 Å². The lowest BCUT2D eigenvalue weighted by Crippen LogP contribution is -2.26. The van der Waals surface area contributed by atoms with E-state index in [0.717, 1.165) is 11.1 Å². The summed E-state index contributed by atoms with van der Waals surface area (Å²) in [5.41, 5.74) is 3.52. The van der Waals surface area contributed by atoms with Crippen LogP contribution in [0, 0.1) is 0 Å². The first-order valence-electron chi connectivity index (χ1n) is 11.5. The van der Waals surface area contributed by atoms with E-state index < -0.39 is 6.03 Å². The SMILES string of the molecule is O=C(Nc1ccccc1)Nc1ccc2nc(Cc3ccccc3)n(Cc3cccc(Cl)c3)c(=O)c2c1. The number of hydrogen-bond donors (Lipinski definition) is 2. The zero-order valence-corrected chi connectivity index (χ0v) is 20.1. The van der Waals surface area contributed by atoms with Crippen molar-refractivity contribution in [2.24, 2.45) is 0 Å². The molecule has 4 aromatic carbocycles. The van der Waals surface area contributed by atoms with E-state index in [-0.39, 0.29) is 5.56 Å². The second-order valence-corrected chi connectivity index (χ2v) is 8.83. The number of benzene rings is 4. The molecule has 0 atom stereocenters. The Balaban J connectivity index is 1.51. The lowest BCUT2D eigenvalue weighted by molar-refractivity contribution is 0.262. The van der Waals surface area contributed by atoms with Gasteiger partial charge in [0.2, 0.25) is 0 Å². The van der Waals surface area contributed by atoms with Gasteiger partial charge in [-0.1, -0.05) is 72.3 Å². The van der Waals surface area contributed by atoms with Crippen LogP contribution in [0.5, 0.6) is 0 Å². The number of para-hydroxylation sites is 1. The van der Waals surface area contributed by atoms with Gasteiger partial charge in [0.25, 0.3) is 5.56 Å². The van der Waals surface area contributed by atoms with Gasteiger partial charge in [0.15, 0.2) is 0 Å². The monoisotopic (exact) mass is 494 g/mol. The molecule has 0 saturated carbocycles. The van der Waals surface area contributed by atoms with Crippen LogP contribution in [0.2, 0.25) is 5.02 Å². The summed E-state index contributed by atoms with van der Waals surface area (Å²) in [4.78, 5) is 31.0. The number of carbonyl (C=O) groups is 1. The lowest BCUT2D eigenvalue weighted by atomic mass is 10.1. The van der Waals surface area contributed by atoms with Crippen molar-refractivity contribution in [3.05, 3.63) is 135 Å². The average molecular weight is 495 g/mol. The maximum absolute atomic E-state index is 13.7. The topological polar surface area (TPSA) is 76.0 Å². The zero-order chi connectivity index (χ0) is 24.9. The second kappa shape index (κ2) is 10.5. The lowest BCUT2D eigenvalue weighted by Gasteiger charge is -2.15. The third-order valence-corrected chi connectivity index (χ3v) is 5.99. The molecular weight excluding hydrogens is 472 g/mol. The van der Waals surface area contributed by atoms with E-state index in [4.69, 9.17) is 16.6 Å². The molecule has 1 aromatic heterocycles. The van der Waals surface area contributed by atoms with Gasteiger partial charge < -0.3 is 10.6 Å². The first kappa shape index (κ1) is 23.3. The number of amides is 2. The van der Waals surface area contributed by atoms with Gasteiger partial charge in [0.05, 0.1) is 17.4 Å². The molecule has 0 aliphatic rings. The predicted octanol–water partition coefficient (Wildman–Crippen LogP) is 6.33. The molecule has 178 valence electrons. The summed E-state index contributed by atoms with van der Waals surface area (Å²) in [6.45, 7) is 0.330. The van der Waals surface area contributed by atoms with Crippen molar-refractivity contribution in [2.75, 3.05) is 10.6 Å².